The highest BCUT2D eigenvalue weighted by Crippen LogP contribution is 2.60. The van der Waals surface area contributed by atoms with Crippen LogP contribution in [0.15, 0.2) is 18.2 Å². The molecule has 9 heteroatoms. The zero-order chi connectivity index (χ0) is 19.2. The minimum absolute atomic E-state index is 0.00815. The lowest BCUT2D eigenvalue weighted by Crippen LogP contribution is -2.84. The summed E-state index contributed by atoms with van der Waals surface area (Å²) in [6.45, 7) is 1.86. The van der Waals surface area contributed by atoms with E-state index in [0.29, 0.717) is 0 Å². The van der Waals surface area contributed by atoms with E-state index in [1.54, 1.807) is 11.8 Å². The van der Waals surface area contributed by atoms with Crippen molar-refractivity contribution < 1.29 is 18.7 Å². The zero-order valence-corrected chi connectivity index (χ0v) is 16.4. The summed E-state index contributed by atoms with van der Waals surface area (Å²) in [5.74, 6) is 0.248. The van der Waals surface area contributed by atoms with Crippen LogP contribution in [0.2, 0.25) is 5.02 Å². The van der Waals surface area contributed by atoms with Gasteiger partial charge in [-0.05, 0) is 31.4 Å². The van der Waals surface area contributed by atoms with Crippen molar-refractivity contribution >= 4 is 35.2 Å². The summed E-state index contributed by atoms with van der Waals surface area (Å²) >= 11 is 7.35. The first-order chi connectivity index (χ1) is 12.8. The molecule has 1 saturated heterocycles. The molecule has 2 amide bonds. The van der Waals surface area contributed by atoms with Crippen molar-refractivity contribution in [3.8, 4) is 5.75 Å². The Morgan fingerprint density at radius 3 is 2.67 bits per heavy atom. The number of carbonyl (C=O) groups excluding carboxylic acids is 2. The fourth-order valence-electron chi connectivity index (χ4n) is 4.28. The Balaban J connectivity index is 1.21. The van der Waals surface area contributed by atoms with Crippen LogP contribution in [-0.4, -0.2) is 46.7 Å². The standard InChI is InChI=1S/C18H21ClFN3O3S/c1-10-15(21-9-27-10)16(25)23-18-6-17(7-18,8-18)22-14(24)5-26-11-2-3-12(19)13(20)4-11/h2-4,10,15,21H,5-9H2,1H3,(H,22,24)(H,23,25). The summed E-state index contributed by atoms with van der Waals surface area (Å²) in [4.78, 5) is 24.5. The molecular weight excluding hydrogens is 393 g/mol. The van der Waals surface area contributed by atoms with Crippen molar-refractivity contribution in [2.24, 2.45) is 0 Å². The minimum Gasteiger partial charge on any atom is -0.484 e. The van der Waals surface area contributed by atoms with E-state index in [-0.39, 0.29) is 51.6 Å². The van der Waals surface area contributed by atoms with Gasteiger partial charge < -0.3 is 15.4 Å². The third kappa shape index (κ3) is 3.62. The van der Waals surface area contributed by atoms with Crippen LogP contribution in [0.5, 0.6) is 5.75 Å². The van der Waals surface area contributed by atoms with Crippen LogP contribution in [0.1, 0.15) is 26.2 Å². The fraction of sp³-hybridized carbons (Fsp3) is 0.556. The molecular formula is C18H21ClFN3O3S. The topological polar surface area (TPSA) is 79.5 Å². The van der Waals surface area contributed by atoms with Crippen molar-refractivity contribution in [3.05, 3.63) is 29.0 Å². The molecule has 0 aromatic heterocycles. The number of amides is 2. The summed E-state index contributed by atoms with van der Waals surface area (Å²) in [5, 5.41) is 9.60. The van der Waals surface area contributed by atoms with Crippen molar-refractivity contribution in [1.29, 1.82) is 0 Å². The van der Waals surface area contributed by atoms with Gasteiger partial charge >= 0.3 is 0 Å². The van der Waals surface area contributed by atoms with Crippen molar-refractivity contribution in [1.82, 2.24) is 16.0 Å². The van der Waals surface area contributed by atoms with E-state index in [2.05, 4.69) is 16.0 Å². The Morgan fingerprint density at radius 2 is 2.04 bits per heavy atom. The largest absolute Gasteiger partial charge is 0.484 e. The number of hydrogen-bond donors (Lipinski definition) is 3. The molecule has 2 unspecified atom stereocenters. The highest BCUT2D eigenvalue weighted by molar-refractivity contribution is 8.00. The van der Waals surface area contributed by atoms with Crippen molar-refractivity contribution in [3.63, 3.8) is 0 Å². The Kier molecular flexibility index (Phi) is 4.76. The van der Waals surface area contributed by atoms with Crippen LogP contribution in [0.25, 0.3) is 0 Å². The molecule has 3 aliphatic carbocycles. The van der Waals surface area contributed by atoms with Crippen LogP contribution in [0.4, 0.5) is 4.39 Å². The molecule has 2 bridgehead atoms. The number of thioether (sulfide) groups is 1. The average Bonchev–Trinajstić information content (AvgIpc) is 2.99. The van der Waals surface area contributed by atoms with E-state index in [0.717, 1.165) is 31.2 Å². The van der Waals surface area contributed by atoms with E-state index in [1.807, 2.05) is 6.92 Å². The molecule has 4 aliphatic rings. The molecule has 0 radical (unpaired) electrons. The lowest BCUT2D eigenvalue weighted by Gasteiger charge is -2.70. The molecule has 1 aliphatic heterocycles. The molecule has 146 valence electrons. The van der Waals surface area contributed by atoms with Crippen molar-refractivity contribution in [2.75, 3.05) is 12.5 Å². The monoisotopic (exact) mass is 413 g/mol. The van der Waals surface area contributed by atoms with Gasteiger partial charge in [0.25, 0.3) is 5.91 Å². The molecule has 1 heterocycles. The Bertz CT molecular complexity index is 773. The maximum absolute atomic E-state index is 13.4. The van der Waals surface area contributed by atoms with Gasteiger partial charge in [-0.1, -0.05) is 18.5 Å². The number of carbonyl (C=O) groups is 2. The van der Waals surface area contributed by atoms with Gasteiger partial charge in [-0.2, -0.15) is 0 Å². The van der Waals surface area contributed by atoms with E-state index in [9.17, 15) is 14.0 Å². The molecule has 1 aromatic carbocycles. The quantitative estimate of drug-likeness (QED) is 0.663. The average molecular weight is 414 g/mol. The molecule has 3 N–H and O–H groups in total. The first kappa shape index (κ1) is 18.8. The van der Waals surface area contributed by atoms with E-state index < -0.39 is 5.82 Å². The van der Waals surface area contributed by atoms with Gasteiger partial charge in [-0.3, -0.25) is 14.9 Å². The molecule has 6 nitrogen and oxygen atoms in total. The lowest BCUT2D eigenvalue weighted by molar-refractivity contribution is -0.151. The smallest absolute Gasteiger partial charge is 0.258 e. The second-order valence-electron chi connectivity index (χ2n) is 7.69. The minimum atomic E-state index is -0.587. The summed E-state index contributed by atoms with van der Waals surface area (Å²) < 4.78 is 18.7. The molecule has 4 fully saturated rings. The maximum Gasteiger partial charge on any atom is 0.258 e. The lowest BCUT2D eigenvalue weighted by atomic mass is 9.44. The number of ether oxygens (including phenoxy) is 1. The fourth-order valence-corrected chi connectivity index (χ4v) is 5.35. The van der Waals surface area contributed by atoms with Crippen molar-refractivity contribution in [2.45, 2.75) is 48.6 Å². The first-order valence-electron chi connectivity index (χ1n) is 8.86. The highest BCUT2D eigenvalue weighted by Gasteiger charge is 2.69. The second kappa shape index (κ2) is 6.83. The predicted molar refractivity (Wildman–Crippen MR) is 101 cm³/mol. The zero-order valence-electron chi connectivity index (χ0n) is 14.8. The number of hydrogen-bond acceptors (Lipinski definition) is 5. The summed E-state index contributed by atoms with van der Waals surface area (Å²) in [6, 6.07) is 3.90. The van der Waals surface area contributed by atoms with Crippen LogP contribution in [0, 0.1) is 5.82 Å². The normalized spacial score (nSPS) is 33.6. The van der Waals surface area contributed by atoms with E-state index >= 15 is 0 Å². The SMILES string of the molecule is CC1SCNC1C(=O)NC12CC(NC(=O)COc3ccc(Cl)c(F)c3)(C1)C2. The molecule has 2 atom stereocenters. The van der Waals surface area contributed by atoms with Gasteiger partial charge in [0.05, 0.1) is 11.1 Å². The van der Waals surface area contributed by atoms with Crippen LogP contribution >= 0.6 is 23.4 Å². The summed E-state index contributed by atoms with van der Waals surface area (Å²) in [5.41, 5.74) is -0.429. The highest BCUT2D eigenvalue weighted by atomic mass is 35.5. The third-order valence-corrected chi connectivity index (χ3v) is 6.92. The van der Waals surface area contributed by atoms with Gasteiger partial charge in [-0.15, -0.1) is 11.8 Å². The predicted octanol–water partition coefficient (Wildman–Crippen LogP) is 1.82. The number of rotatable bonds is 6. The van der Waals surface area contributed by atoms with Crippen LogP contribution < -0.4 is 20.7 Å². The number of nitrogens with one attached hydrogen (secondary N) is 3. The van der Waals surface area contributed by atoms with Crippen LogP contribution in [0.3, 0.4) is 0 Å². The Labute approximate surface area is 165 Å². The summed E-state index contributed by atoms with van der Waals surface area (Å²) in [6.07, 6.45) is 2.21. The molecule has 0 spiro atoms. The third-order valence-electron chi connectivity index (χ3n) is 5.49. The number of halogens is 2. The second-order valence-corrected chi connectivity index (χ2v) is 9.46. The van der Waals surface area contributed by atoms with Gasteiger partial charge in [0.2, 0.25) is 5.91 Å². The van der Waals surface area contributed by atoms with Gasteiger partial charge in [0, 0.05) is 28.3 Å². The summed E-state index contributed by atoms with van der Waals surface area (Å²) in [7, 11) is 0. The Morgan fingerprint density at radius 1 is 1.33 bits per heavy atom. The molecule has 27 heavy (non-hydrogen) atoms. The van der Waals surface area contributed by atoms with Gasteiger partial charge in [0.1, 0.15) is 11.6 Å². The Hall–Kier alpha value is -1.51. The van der Waals surface area contributed by atoms with E-state index in [1.165, 1.54) is 12.1 Å². The first-order valence-corrected chi connectivity index (χ1v) is 10.3. The van der Waals surface area contributed by atoms with Crippen LogP contribution in [-0.2, 0) is 9.59 Å². The van der Waals surface area contributed by atoms with Gasteiger partial charge in [0.15, 0.2) is 6.61 Å². The van der Waals surface area contributed by atoms with E-state index in [4.69, 9.17) is 16.3 Å². The number of benzene rings is 1. The molecule has 5 rings (SSSR count). The maximum atomic E-state index is 13.4. The molecule has 3 saturated carbocycles. The molecule has 1 aromatic rings. The van der Waals surface area contributed by atoms with Gasteiger partial charge in [-0.25, -0.2) is 4.39 Å².